The van der Waals surface area contributed by atoms with E-state index in [1.54, 1.807) is 18.2 Å². The second kappa shape index (κ2) is 10.2. The smallest absolute Gasteiger partial charge is 0.356 e. The molecule has 1 aromatic heterocycles. The van der Waals surface area contributed by atoms with E-state index in [0.717, 1.165) is 6.08 Å². The molecule has 9 heteroatoms. The number of anilines is 1. The molecule has 160 valence electrons. The van der Waals surface area contributed by atoms with Crippen LogP contribution in [0.5, 0.6) is 5.75 Å². The lowest BCUT2D eigenvalue weighted by Crippen LogP contribution is -2.16. The number of para-hydroxylation sites is 1. The number of pyridine rings is 1. The summed E-state index contributed by atoms with van der Waals surface area (Å²) in [5, 5.41) is 3.44. The lowest BCUT2D eigenvalue weighted by atomic mass is 10.1. The van der Waals surface area contributed by atoms with Crippen LogP contribution in [0.25, 0.3) is 10.9 Å². The Labute approximate surface area is 174 Å². The van der Waals surface area contributed by atoms with Gasteiger partial charge >= 0.3 is 17.9 Å². The molecule has 2 rings (SSSR count). The molecule has 0 atom stereocenters. The van der Waals surface area contributed by atoms with Gasteiger partial charge in [0.05, 0.1) is 45.2 Å². The highest BCUT2D eigenvalue weighted by Crippen LogP contribution is 2.31. The number of carbonyl (C=O) groups excluding carboxylic acids is 3. The number of hydrogen-bond donors (Lipinski definition) is 1. The molecule has 0 spiro atoms. The van der Waals surface area contributed by atoms with Crippen molar-refractivity contribution < 1.29 is 33.3 Å². The van der Waals surface area contributed by atoms with Gasteiger partial charge in [0.1, 0.15) is 11.4 Å². The van der Waals surface area contributed by atoms with Crippen LogP contribution in [-0.2, 0) is 23.8 Å². The normalized spacial score (nSPS) is 11.2. The first-order chi connectivity index (χ1) is 14.3. The number of nitrogens with zero attached hydrogens (tertiary/aromatic N) is 1. The number of rotatable bonds is 8. The Morgan fingerprint density at radius 2 is 1.83 bits per heavy atom. The van der Waals surface area contributed by atoms with Crippen molar-refractivity contribution in [2.45, 2.75) is 13.8 Å². The molecule has 0 unspecified atom stereocenters. The standard InChI is InChI=1S/C21H24N2O7/c1-12(2)11-30-17-9-15(20(25)28-4)23-19-13(17)7-6-8-14(19)22-16(21(26)29-5)10-18(24)27-3/h6-10,12,22H,11H2,1-5H3/b16-10-. The minimum absolute atomic E-state index is 0.0366. The van der Waals surface area contributed by atoms with E-state index in [1.165, 1.54) is 27.4 Å². The average molecular weight is 416 g/mol. The van der Waals surface area contributed by atoms with Crippen LogP contribution in [0.15, 0.2) is 36.0 Å². The number of nitrogens with one attached hydrogen (secondary N) is 1. The van der Waals surface area contributed by atoms with Crippen LogP contribution < -0.4 is 10.1 Å². The van der Waals surface area contributed by atoms with Crippen molar-refractivity contribution in [2.24, 2.45) is 5.92 Å². The first-order valence-corrected chi connectivity index (χ1v) is 9.10. The molecular weight excluding hydrogens is 392 g/mol. The van der Waals surface area contributed by atoms with Gasteiger partial charge in [-0.05, 0) is 18.1 Å². The molecule has 0 fully saturated rings. The Bertz CT molecular complexity index is 983. The van der Waals surface area contributed by atoms with E-state index in [2.05, 4.69) is 15.0 Å². The molecule has 0 aliphatic carbocycles. The van der Waals surface area contributed by atoms with Crippen LogP contribution in [0, 0.1) is 5.92 Å². The van der Waals surface area contributed by atoms with Crippen LogP contribution in [0.2, 0.25) is 0 Å². The third-order valence-electron chi connectivity index (χ3n) is 3.91. The van der Waals surface area contributed by atoms with Crippen molar-refractivity contribution >= 4 is 34.5 Å². The highest BCUT2D eigenvalue weighted by molar-refractivity contribution is 6.03. The van der Waals surface area contributed by atoms with Crippen LogP contribution in [0.1, 0.15) is 24.3 Å². The van der Waals surface area contributed by atoms with E-state index in [0.29, 0.717) is 28.9 Å². The van der Waals surface area contributed by atoms with Crippen molar-refractivity contribution in [3.05, 3.63) is 41.7 Å². The summed E-state index contributed by atoms with van der Waals surface area (Å²) in [5.41, 5.74) is 0.577. The van der Waals surface area contributed by atoms with Gasteiger partial charge in [-0.1, -0.05) is 19.9 Å². The number of benzene rings is 1. The lowest BCUT2D eigenvalue weighted by Gasteiger charge is -2.15. The predicted molar refractivity (Wildman–Crippen MR) is 109 cm³/mol. The number of methoxy groups -OCH3 is 3. The largest absolute Gasteiger partial charge is 0.493 e. The number of carbonyl (C=O) groups is 3. The second-order valence-corrected chi connectivity index (χ2v) is 6.60. The molecule has 0 aliphatic rings. The number of aromatic nitrogens is 1. The summed E-state index contributed by atoms with van der Waals surface area (Å²) in [7, 11) is 3.62. The summed E-state index contributed by atoms with van der Waals surface area (Å²) < 4.78 is 19.9. The van der Waals surface area contributed by atoms with E-state index < -0.39 is 17.9 Å². The predicted octanol–water partition coefficient (Wildman–Crippen LogP) is 2.70. The topological polar surface area (TPSA) is 113 Å². The number of hydrogen-bond acceptors (Lipinski definition) is 9. The molecule has 0 aliphatic heterocycles. The van der Waals surface area contributed by atoms with E-state index in [4.69, 9.17) is 14.2 Å². The number of esters is 3. The van der Waals surface area contributed by atoms with Gasteiger partial charge in [-0.3, -0.25) is 0 Å². The van der Waals surface area contributed by atoms with Gasteiger partial charge in [-0.2, -0.15) is 0 Å². The fourth-order valence-corrected chi connectivity index (χ4v) is 2.48. The maximum Gasteiger partial charge on any atom is 0.356 e. The summed E-state index contributed by atoms with van der Waals surface area (Å²) in [6, 6.07) is 6.63. The van der Waals surface area contributed by atoms with Gasteiger partial charge in [0.25, 0.3) is 0 Å². The monoisotopic (exact) mass is 416 g/mol. The first kappa shape index (κ1) is 22.7. The minimum atomic E-state index is -0.780. The molecule has 0 bridgehead atoms. The molecule has 30 heavy (non-hydrogen) atoms. The number of fused-ring (bicyclic) bond motifs is 1. The lowest BCUT2D eigenvalue weighted by molar-refractivity contribution is -0.138. The zero-order valence-corrected chi connectivity index (χ0v) is 17.5. The first-order valence-electron chi connectivity index (χ1n) is 9.10. The summed E-state index contributed by atoms with van der Waals surface area (Å²) >= 11 is 0. The summed E-state index contributed by atoms with van der Waals surface area (Å²) in [4.78, 5) is 40.2. The molecule has 1 heterocycles. The van der Waals surface area contributed by atoms with Crippen molar-refractivity contribution in [1.82, 2.24) is 4.98 Å². The second-order valence-electron chi connectivity index (χ2n) is 6.60. The fourth-order valence-electron chi connectivity index (χ4n) is 2.48. The molecule has 1 N–H and O–H groups in total. The Morgan fingerprint density at radius 1 is 1.10 bits per heavy atom. The Balaban J connectivity index is 2.63. The SMILES string of the molecule is COC(=O)/C=C(\Nc1cccc2c(OCC(C)C)cc(C(=O)OC)nc12)C(=O)OC. The van der Waals surface area contributed by atoms with Crippen molar-refractivity contribution in [1.29, 1.82) is 0 Å². The van der Waals surface area contributed by atoms with Crippen LogP contribution in [-0.4, -0.2) is 50.8 Å². The zero-order chi connectivity index (χ0) is 22.3. The van der Waals surface area contributed by atoms with Gasteiger partial charge in [-0.25, -0.2) is 19.4 Å². The van der Waals surface area contributed by atoms with Crippen LogP contribution in [0.3, 0.4) is 0 Å². The quantitative estimate of drug-likeness (QED) is 0.394. The van der Waals surface area contributed by atoms with Crippen molar-refractivity contribution in [3.8, 4) is 5.75 Å². The zero-order valence-electron chi connectivity index (χ0n) is 17.5. The van der Waals surface area contributed by atoms with Gasteiger partial charge < -0.3 is 24.3 Å². The third kappa shape index (κ3) is 5.47. The van der Waals surface area contributed by atoms with Gasteiger partial charge in [0.15, 0.2) is 5.69 Å². The maximum atomic E-state index is 12.1. The molecule has 0 saturated heterocycles. The Hall–Kier alpha value is -3.62. The third-order valence-corrected chi connectivity index (χ3v) is 3.91. The summed E-state index contributed by atoms with van der Waals surface area (Å²) in [5.74, 6) is -1.47. The van der Waals surface area contributed by atoms with Crippen molar-refractivity contribution in [3.63, 3.8) is 0 Å². The minimum Gasteiger partial charge on any atom is -0.493 e. The van der Waals surface area contributed by atoms with E-state index >= 15 is 0 Å². The van der Waals surface area contributed by atoms with Gasteiger partial charge in [0, 0.05) is 11.5 Å². The summed E-state index contributed by atoms with van der Waals surface area (Å²) in [6.07, 6.45) is 0.963. The van der Waals surface area contributed by atoms with E-state index in [9.17, 15) is 14.4 Å². The Morgan fingerprint density at radius 3 is 2.43 bits per heavy atom. The van der Waals surface area contributed by atoms with E-state index in [-0.39, 0.29) is 17.3 Å². The average Bonchev–Trinajstić information content (AvgIpc) is 2.75. The molecule has 9 nitrogen and oxygen atoms in total. The van der Waals surface area contributed by atoms with Crippen LogP contribution >= 0.6 is 0 Å². The number of ether oxygens (including phenoxy) is 4. The highest BCUT2D eigenvalue weighted by atomic mass is 16.5. The fraction of sp³-hybridized carbons (Fsp3) is 0.333. The van der Waals surface area contributed by atoms with Gasteiger partial charge in [-0.15, -0.1) is 0 Å². The maximum absolute atomic E-state index is 12.1. The molecule has 1 aromatic carbocycles. The summed E-state index contributed by atoms with van der Waals surface area (Å²) in [6.45, 7) is 4.42. The molecule has 2 aromatic rings. The molecule has 0 saturated carbocycles. The Kier molecular flexibility index (Phi) is 7.74. The van der Waals surface area contributed by atoms with Gasteiger partial charge in [0.2, 0.25) is 0 Å². The van der Waals surface area contributed by atoms with E-state index in [1.807, 2.05) is 13.8 Å². The highest BCUT2D eigenvalue weighted by Gasteiger charge is 2.19. The van der Waals surface area contributed by atoms with Crippen molar-refractivity contribution in [2.75, 3.05) is 33.3 Å². The molecule has 0 radical (unpaired) electrons. The molecule has 0 amide bonds. The molecular formula is C21H24N2O7. The van der Waals surface area contributed by atoms with Crippen LogP contribution in [0.4, 0.5) is 5.69 Å².